The topological polar surface area (TPSA) is 95.9 Å². The average Bonchev–Trinajstić information content (AvgIpc) is 2.95. The number of rotatable bonds is 3. The Hall–Kier alpha value is -2.96. The molecule has 132 valence electrons. The highest BCUT2D eigenvalue weighted by Crippen LogP contribution is 2.51. The molecule has 2 aliphatic rings. The summed E-state index contributed by atoms with van der Waals surface area (Å²) in [4.78, 5) is 25.5. The fourth-order valence-electron chi connectivity index (χ4n) is 3.70. The number of hydrogen-bond donors (Lipinski definition) is 3. The third-order valence-corrected chi connectivity index (χ3v) is 4.94. The summed E-state index contributed by atoms with van der Waals surface area (Å²) in [5.74, 6) is -1.58. The van der Waals surface area contributed by atoms with Crippen LogP contribution < -0.4 is 5.32 Å². The van der Waals surface area contributed by atoms with E-state index in [0.717, 1.165) is 5.56 Å². The first-order valence-corrected chi connectivity index (χ1v) is 8.19. The van der Waals surface area contributed by atoms with Crippen LogP contribution in [-0.4, -0.2) is 27.6 Å². The third kappa shape index (κ3) is 2.00. The summed E-state index contributed by atoms with van der Waals surface area (Å²) in [7, 11) is 0. The van der Waals surface area contributed by atoms with Gasteiger partial charge in [0.05, 0.1) is 0 Å². The summed E-state index contributed by atoms with van der Waals surface area (Å²) >= 11 is 0. The number of esters is 1. The minimum Gasteiger partial charge on any atom is -0.457 e. The number of Topliss-reactive ketones (excluding diaryl/α,β-unsaturated/α-hetero) is 1. The highest BCUT2D eigenvalue weighted by molar-refractivity contribution is 6.16. The number of aliphatic hydroxyl groups is 2. The highest BCUT2D eigenvalue weighted by Gasteiger charge is 2.70. The van der Waals surface area contributed by atoms with Crippen LogP contribution in [0.5, 0.6) is 0 Å². The first kappa shape index (κ1) is 16.5. The minimum atomic E-state index is -2.42. The van der Waals surface area contributed by atoms with Crippen LogP contribution in [0.1, 0.15) is 28.4 Å². The third-order valence-electron chi connectivity index (χ3n) is 4.94. The summed E-state index contributed by atoms with van der Waals surface area (Å²) < 4.78 is 5.29. The molecule has 0 saturated heterocycles. The monoisotopic (exact) mass is 351 g/mol. The van der Waals surface area contributed by atoms with E-state index in [4.69, 9.17) is 4.74 Å². The van der Waals surface area contributed by atoms with Gasteiger partial charge < -0.3 is 20.3 Å². The molecule has 0 spiro atoms. The summed E-state index contributed by atoms with van der Waals surface area (Å²) in [5.41, 5.74) is -3.40. The second kappa shape index (κ2) is 5.52. The van der Waals surface area contributed by atoms with E-state index in [2.05, 4.69) is 5.32 Å². The van der Waals surface area contributed by atoms with Gasteiger partial charge in [-0.05, 0) is 12.5 Å². The van der Waals surface area contributed by atoms with Gasteiger partial charge in [0.2, 0.25) is 17.1 Å². The molecule has 6 nitrogen and oxygen atoms in total. The van der Waals surface area contributed by atoms with Gasteiger partial charge in [-0.15, -0.1) is 0 Å². The first-order chi connectivity index (χ1) is 12.4. The van der Waals surface area contributed by atoms with Gasteiger partial charge in [-0.2, -0.15) is 0 Å². The molecule has 0 amide bonds. The van der Waals surface area contributed by atoms with Crippen LogP contribution in [0.25, 0.3) is 0 Å². The summed E-state index contributed by atoms with van der Waals surface area (Å²) in [6.45, 7) is 1.51. The number of ether oxygens (including phenoxy) is 1. The number of fused-ring (bicyclic) bond motifs is 3. The molecule has 6 heteroatoms. The molecule has 0 bridgehead atoms. The largest absolute Gasteiger partial charge is 0.457 e. The molecular formula is C20H17NO5. The number of benzene rings is 2. The number of nitrogens with one attached hydrogen (secondary N) is 1. The zero-order valence-electron chi connectivity index (χ0n) is 14.0. The van der Waals surface area contributed by atoms with E-state index in [1.807, 2.05) is 18.2 Å². The molecule has 4 rings (SSSR count). The van der Waals surface area contributed by atoms with Gasteiger partial charge in [0.25, 0.3) is 0 Å². The maximum absolute atomic E-state index is 12.8. The van der Waals surface area contributed by atoms with Crippen LogP contribution in [0.2, 0.25) is 0 Å². The lowest BCUT2D eigenvalue weighted by atomic mass is 9.85. The standard InChI is InChI=1S/C20H17NO5/c1-12-16(18(23)26-11-13-7-3-2-4-8-13)19(24)17(22)14-9-5-6-10-15(14)20(19,25)21-12/h2-10,21,24-25H,11H2,1H3/t19-,20+/m0/s1. The van der Waals surface area contributed by atoms with Crippen molar-refractivity contribution in [1.29, 1.82) is 0 Å². The zero-order valence-corrected chi connectivity index (χ0v) is 14.0. The van der Waals surface area contributed by atoms with Crippen LogP contribution in [0, 0.1) is 0 Å². The van der Waals surface area contributed by atoms with E-state index in [1.54, 1.807) is 30.3 Å². The van der Waals surface area contributed by atoms with Crippen molar-refractivity contribution in [2.45, 2.75) is 24.9 Å². The number of carbonyl (C=O) groups is 2. The van der Waals surface area contributed by atoms with Gasteiger partial charge in [-0.1, -0.05) is 54.6 Å². The fraction of sp³-hybridized carbons (Fsp3) is 0.200. The van der Waals surface area contributed by atoms with Crippen LogP contribution in [-0.2, 0) is 21.9 Å². The molecular weight excluding hydrogens is 334 g/mol. The molecule has 2 aromatic rings. The smallest absolute Gasteiger partial charge is 0.339 e. The van der Waals surface area contributed by atoms with Gasteiger partial charge in [0.15, 0.2) is 0 Å². The van der Waals surface area contributed by atoms with Crippen molar-refractivity contribution in [2.75, 3.05) is 0 Å². The highest BCUT2D eigenvalue weighted by atomic mass is 16.5. The predicted octanol–water partition coefficient (Wildman–Crippen LogP) is 1.38. The van der Waals surface area contributed by atoms with Crippen molar-refractivity contribution < 1.29 is 24.5 Å². The minimum absolute atomic E-state index is 0.00784. The van der Waals surface area contributed by atoms with Crippen molar-refractivity contribution in [1.82, 2.24) is 5.32 Å². The summed E-state index contributed by atoms with van der Waals surface area (Å²) in [5, 5.41) is 24.9. The van der Waals surface area contributed by atoms with Gasteiger partial charge in [0.1, 0.15) is 12.2 Å². The molecule has 2 aromatic carbocycles. The van der Waals surface area contributed by atoms with E-state index < -0.39 is 23.1 Å². The van der Waals surface area contributed by atoms with Crippen molar-refractivity contribution in [3.8, 4) is 0 Å². The summed E-state index contributed by atoms with van der Waals surface area (Å²) in [6, 6.07) is 15.4. The molecule has 0 unspecified atom stereocenters. The SMILES string of the molecule is CC1=C(C(=O)OCc2ccccc2)[C@]2(O)C(=O)c3ccccc3[C@]2(O)N1. The Morgan fingerprint density at radius 2 is 1.73 bits per heavy atom. The number of allylic oxidation sites excluding steroid dienone is 1. The molecule has 2 atom stereocenters. The summed E-state index contributed by atoms with van der Waals surface area (Å²) in [6.07, 6.45) is 0. The fourth-order valence-corrected chi connectivity index (χ4v) is 3.70. The molecule has 26 heavy (non-hydrogen) atoms. The average molecular weight is 351 g/mol. The van der Waals surface area contributed by atoms with Crippen LogP contribution in [0.3, 0.4) is 0 Å². The predicted molar refractivity (Wildman–Crippen MR) is 91.7 cm³/mol. The number of hydrogen-bond acceptors (Lipinski definition) is 6. The Balaban J connectivity index is 1.69. The van der Waals surface area contributed by atoms with Crippen molar-refractivity contribution in [3.05, 3.63) is 82.6 Å². The van der Waals surface area contributed by atoms with Crippen molar-refractivity contribution in [2.24, 2.45) is 0 Å². The molecule has 0 radical (unpaired) electrons. The van der Waals surface area contributed by atoms with E-state index in [0.29, 0.717) is 0 Å². The normalized spacial score (nSPS) is 26.3. The lowest BCUT2D eigenvalue weighted by molar-refractivity contribution is -0.148. The molecule has 3 N–H and O–H groups in total. The Morgan fingerprint density at radius 3 is 2.46 bits per heavy atom. The molecule has 0 fully saturated rings. The Morgan fingerprint density at radius 1 is 1.08 bits per heavy atom. The maximum atomic E-state index is 12.8. The van der Waals surface area contributed by atoms with Crippen LogP contribution in [0.15, 0.2) is 65.9 Å². The van der Waals surface area contributed by atoms with Crippen LogP contribution >= 0.6 is 0 Å². The maximum Gasteiger partial charge on any atom is 0.339 e. The Kier molecular flexibility index (Phi) is 3.50. The quantitative estimate of drug-likeness (QED) is 0.723. The van der Waals surface area contributed by atoms with E-state index >= 15 is 0 Å². The molecule has 1 aliphatic heterocycles. The lowest BCUT2D eigenvalue weighted by Gasteiger charge is -2.31. The van der Waals surface area contributed by atoms with Crippen molar-refractivity contribution in [3.63, 3.8) is 0 Å². The molecule has 0 saturated carbocycles. The van der Waals surface area contributed by atoms with E-state index in [1.165, 1.54) is 13.0 Å². The lowest BCUT2D eigenvalue weighted by Crippen LogP contribution is -2.56. The van der Waals surface area contributed by atoms with Crippen LogP contribution in [0.4, 0.5) is 0 Å². The second-order valence-electron chi connectivity index (χ2n) is 6.48. The van der Waals surface area contributed by atoms with E-state index in [-0.39, 0.29) is 29.0 Å². The second-order valence-corrected chi connectivity index (χ2v) is 6.48. The Labute approximate surface area is 149 Å². The number of ketones is 1. The first-order valence-electron chi connectivity index (χ1n) is 8.19. The van der Waals surface area contributed by atoms with Gasteiger partial charge in [-0.25, -0.2) is 4.79 Å². The Bertz CT molecular complexity index is 952. The van der Waals surface area contributed by atoms with Crippen molar-refractivity contribution >= 4 is 11.8 Å². The van der Waals surface area contributed by atoms with Gasteiger partial charge >= 0.3 is 5.97 Å². The van der Waals surface area contributed by atoms with Gasteiger partial charge in [-0.3, -0.25) is 4.79 Å². The molecule has 1 aliphatic carbocycles. The molecule has 0 aromatic heterocycles. The number of carbonyl (C=O) groups excluding carboxylic acids is 2. The van der Waals surface area contributed by atoms with E-state index in [9.17, 15) is 19.8 Å². The van der Waals surface area contributed by atoms with Gasteiger partial charge in [0, 0.05) is 16.8 Å². The zero-order chi connectivity index (χ0) is 18.5. The molecule has 1 heterocycles.